The van der Waals surface area contributed by atoms with E-state index in [0.717, 1.165) is 23.7 Å². The molecule has 0 radical (unpaired) electrons. The molecular weight excluding hydrogens is 98.1 g/mol. The minimum atomic E-state index is 0.214. The Kier molecular flexibility index (Phi) is 4.96. The van der Waals surface area contributed by atoms with Gasteiger partial charge in [-0.15, -0.1) is 0 Å². The van der Waals surface area contributed by atoms with Crippen molar-refractivity contribution in [3.63, 3.8) is 0 Å². The van der Waals surface area contributed by atoms with Crippen LogP contribution in [0, 0.1) is 4.78 Å². The molecule has 0 fully saturated rings. The van der Waals surface area contributed by atoms with E-state index in [1.165, 1.54) is 0 Å². The first-order valence-corrected chi connectivity index (χ1v) is 2.79. The first-order valence-electron chi connectivity index (χ1n) is 1.81. The average molecular weight is 106 g/mol. The van der Waals surface area contributed by atoms with Crippen molar-refractivity contribution in [2.75, 3.05) is 12.4 Å². The predicted octanol–water partition coefficient (Wildman–Crippen LogP) is 0.214. The molecule has 0 amide bonds. The number of nitrogens with one attached hydrogen (secondary N) is 1. The van der Waals surface area contributed by atoms with E-state index in [9.17, 15) is 0 Å². The number of hydrogen-bond donors (Lipinski definition) is 2. The maximum atomic E-state index is 8.10. The highest BCUT2D eigenvalue weighted by Crippen LogP contribution is 1.70. The second-order valence-corrected chi connectivity index (χ2v) is 1.62. The molecule has 0 aliphatic heterocycles. The van der Waals surface area contributed by atoms with E-state index in [0.29, 0.717) is 0 Å². The first-order chi connectivity index (χ1) is 2.91. The van der Waals surface area contributed by atoms with Crippen LogP contribution >= 0.6 is 0 Å². The summed E-state index contributed by atoms with van der Waals surface area (Å²) in [6.45, 7) is 0.214. The summed E-state index contributed by atoms with van der Waals surface area (Å²) in [6.07, 6.45) is 0.744. The van der Waals surface area contributed by atoms with Gasteiger partial charge in [-0.3, -0.25) is 0 Å². The quantitative estimate of drug-likeness (QED) is 0.392. The lowest BCUT2D eigenvalue weighted by Crippen LogP contribution is -1.84. The van der Waals surface area contributed by atoms with Gasteiger partial charge in [0.2, 0.25) is 5.75 Å². The Morgan fingerprint density at radius 2 is 2.33 bits per heavy atom. The van der Waals surface area contributed by atoms with Crippen LogP contribution in [0.5, 0.6) is 0 Å². The molecule has 0 heterocycles. The summed E-state index contributed by atoms with van der Waals surface area (Å²) in [5.74, 6) is 0.747. The third kappa shape index (κ3) is 3.98. The Labute approximate surface area is 41.1 Å². The normalized spacial score (nSPS) is 8.17. The SMILES string of the molecule is N=[S+]CCCO. The molecule has 0 aromatic rings. The molecule has 2 nitrogen and oxygen atoms in total. The summed E-state index contributed by atoms with van der Waals surface area (Å²) in [5.41, 5.74) is 0. The molecule has 0 unspecified atom stereocenters. The molecule has 0 aliphatic carbocycles. The lowest BCUT2D eigenvalue weighted by Gasteiger charge is -1.71. The number of rotatable bonds is 3. The molecule has 0 saturated heterocycles. The van der Waals surface area contributed by atoms with Gasteiger partial charge in [-0.1, -0.05) is 0 Å². The second kappa shape index (κ2) is 4.98. The maximum absolute atomic E-state index is 8.10. The third-order valence-electron chi connectivity index (χ3n) is 0.405. The molecule has 0 atom stereocenters. The highest BCUT2D eigenvalue weighted by Gasteiger charge is 1.87. The largest absolute Gasteiger partial charge is 0.396 e. The fraction of sp³-hybridized carbons (Fsp3) is 1.00. The van der Waals surface area contributed by atoms with E-state index in [2.05, 4.69) is 0 Å². The van der Waals surface area contributed by atoms with Crippen molar-refractivity contribution >= 4 is 11.6 Å². The predicted molar refractivity (Wildman–Crippen MR) is 26.7 cm³/mol. The van der Waals surface area contributed by atoms with Crippen LogP contribution < -0.4 is 0 Å². The summed E-state index contributed by atoms with van der Waals surface area (Å²) in [5, 5.41) is 8.10. The lowest BCUT2D eigenvalue weighted by atomic mass is 10.5. The summed E-state index contributed by atoms with van der Waals surface area (Å²) in [4.78, 5) is 0. The molecule has 6 heavy (non-hydrogen) atoms. The second-order valence-electron chi connectivity index (χ2n) is 0.926. The van der Waals surface area contributed by atoms with Crippen molar-refractivity contribution in [1.82, 2.24) is 0 Å². The van der Waals surface area contributed by atoms with E-state index < -0.39 is 0 Å². The average Bonchev–Trinajstić information content (AvgIpc) is 1.61. The van der Waals surface area contributed by atoms with E-state index in [4.69, 9.17) is 9.89 Å². The van der Waals surface area contributed by atoms with Gasteiger partial charge in [-0.05, 0) is 4.78 Å². The number of hydrogen-bond acceptors (Lipinski definition) is 2. The summed E-state index contributed by atoms with van der Waals surface area (Å²) >= 11 is 1.02. The fourth-order valence-corrected chi connectivity index (χ4v) is 0.410. The minimum absolute atomic E-state index is 0.214. The Morgan fingerprint density at radius 1 is 1.67 bits per heavy atom. The first kappa shape index (κ1) is 5.98. The molecule has 36 valence electrons. The van der Waals surface area contributed by atoms with Crippen molar-refractivity contribution in [2.45, 2.75) is 6.42 Å². The van der Waals surface area contributed by atoms with Crippen LogP contribution in [0.1, 0.15) is 6.42 Å². The maximum Gasteiger partial charge on any atom is 0.307 e. The van der Waals surface area contributed by atoms with Gasteiger partial charge in [0.15, 0.2) is 0 Å². The van der Waals surface area contributed by atoms with Crippen LogP contribution in [0.25, 0.3) is 0 Å². The zero-order valence-corrected chi connectivity index (χ0v) is 4.29. The Morgan fingerprint density at radius 3 is 2.50 bits per heavy atom. The zero-order chi connectivity index (χ0) is 4.83. The van der Waals surface area contributed by atoms with Gasteiger partial charge in [0, 0.05) is 13.0 Å². The summed E-state index contributed by atoms with van der Waals surface area (Å²) in [7, 11) is 0. The molecule has 2 N–H and O–H groups in total. The van der Waals surface area contributed by atoms with Crippen molar-refractivity contribution in [2.24, 2.45) is 0 Å². The van der Waals surface area contributed by atoms with Crippen LogP contribution in [-0.4, -0.2) is 17.5 Å². The monoisotopic (exact) mass is 106 g/mol. The van der Waals surface area contributed by atoms with E-state index in [1.54, 1.807) is 0 Å². The fourth-order valence-electron chi connectivity index (χ4n) is 0.137. The molecule has 0 bridgehead atoms. The number of aliphatic hydroxyl groups excluding tert-OH is 1. The van der Waals surface area contributed by atoms with Crippen LogP contribution in [0.2, 0.25) is 0 Å². The molecule has 3 heteroatoms. The van der Waals surface area contributed by atoms with Gasteiger partial charge in [-0.2, -0.15) is 0 Å². The van der Waals surface area contributed by atoms with Gasteiger partial charge in [0.1, 0.15) is 0 Å². The molecule has 0 aromatic heterocycles. The van der Waals surface area contributed by atoms with Crippen molar-refractivity contribution < 1.29 is 5.11 Å². The van der Waals surface area contributed by atoms with E-state index in [1.807, 2.05) is 0 Å². The zero-order valence-electron chi connectivity index (χ0n) is 3.48. The highest BCUT2D eigenvalue weighted by atomic mass is 32.1. The standard InChI is InChI=1S/C3H8NOS/c4-6-3-1-2-5/h4-5H,1-3H2/q+1. The highest BCUT2D eigenvalue weighted by molar-refractivity contribution is 7.66. The summed E-state index contributed by atoms with van der Waals surface area (Å²) < 4.78 is 6.51. The van der Waals surface area contributed by atoms with Crippen LogP contribution in [-0.2, 0) is 11.6 Å². The minimum Gasteiger partial charge on any atom is -0.396 e. The van der Waals surface area contributed by atoms with Gasteiger partial charge >= 0.3 is 11.6 Å². The third-order valence-corrected chi connectivity index (χ3v) is 0.897. The van der Waals surface area contributed by atoms with Gasteiger partial charge in [-0.25, -0.2) is 0 Å². The Balaban J connectivity index is 2.49. The van der Waals surface area contributed by atoms with Crippen LogP contribution in [0.3, 0.4) is 0 Å². The van der Waals surface area contributed by atoms with Crippen LogP contribution in [0.15, 0.2) is 0 Å². The molecule has 0 saturated carbocycles. The van der Waals surface area contributed by atoms with E-state index >= 15 is 0 Å². The number of aliphatic hydroxyl groups is 1. The molecule has 0 aromatic carbocycles. The lowest BCUT2D eigenvalue weighted by molar-refractivity contribution is 0.296. The molecule has 0 spiro atoms. The van der Waals surface area contributed by atoms with E-state index in [-0.39, 0.29) is 6.61 Å². The Hall–Kier alpha value is -0.0200. The van der Waals surface area contributed by atoms with Crippen LogP contribution in [0.4, 0.5) is 0 Å². The summed E-state index contributed by atoms with van der Waals surface area (Å²) in [6, 6.07) is 0. The Bertz CT molecular complexity index is 39.8. The topological polar surface area (TPSA) is 44.1 Å². The molecule has 0 aliphatic rings. The van der Waals surface area contributed by atoms with Gasteiger partial charge in [0.05, 0.1) is 0 Å². The smallest absolute Gasteiger partial charge is 0.307 e. The van der Waals surface area contributed by atoms with Crippen molar-refractivity contribution in [1.29, 1.82) is 4.78 Å². The van der Waals surface area contributed by atoms with Crippen molar-refractivity contribution in [3.8, 4) is 0 Å². The van der Waals surface area contributed by atoms with Gasteiger partial charge < -0.3 is 5.11 Å². The van der Waals surface area contributed by atoms with Crippen molar-refractivity contribution in [3.05, 3.63) is 0 Å². The van der Waals surface area contributed by atoms with Gasteiger partial charge in [0.25, 0.3) is 0 Å². The molecule has 0 rings (SSSR count). The molecular formula is C3H8NOS+.